The van der Waals surface area contributed by atoms with Crippen molar-refractivity contribution in [3.05, 3.63) is 83.9 Å². The number of carbonyl (C=O) groups excluding carboxylic acids is 2. The summed E-state index contributed by atoms with van der Waals surface area (Å²) in [6.45, 7) is 2.26. The number of piperidine rings is 1. The van der Waals surface area contributed by atoms with Crippen LogP contribution in [0.2, 0.25) is 0 Å². The van der Waals surface area contributed by atoms with Gasteiger partial charge >= 0.3 is 0 Å². The van der Waals surface area contributed by atoms with Crippen LogP contribution in [0.4, 0.5) is 0 Å². The first-order valence-corrected chi connectivity index (χ1v) is 15.5. The normalized spacial score (nSPS) is 20.9. The van der Waals surface area contributed by atoms with Crippen molar-refractivity contribution in [3.63, 3.8) is 0 Å². The molecule has 3 aromatic carbocycles. The number of fused-ring (bicyclic) bond motifs is 1. The van der Waals surface area contributed by atoms with Gasteiger partial charge < -0.3 is 31.7 Å². The van der Waals surface area contributed by atoms with Gasteiger partial charge in [0, 0.05) is 25.6 Å². The van der Waals surface area contributed by atoms with Crippen LogP contribution in [-0.4, -0.2) is 66.5 Å². The fraction of sp³-hybridized carbons (Fsp3) is 0.441. The first-order valence-electron chi connectivity index (χ1n) is 15.5. The van der Waals surface area contributed by atoms with E-state index in [9.17, 15) is 9.59 Å². The molecule has 0 aromatic heterocycles. The Labute approximate surface area is 254 Å². The molecule has 0 spiro atoms. The van der Waals surface area contributed by atoms with E-state index in [0.717, 1.165) is 56.2 Å². The molecule has 2 aliphatic heterocycles. The molecule has 5 rings (SSSR count). The Morgan fingerprint density at radius 1 is 1.00 bits per heavy atom. The third kappa shape index (κ3) is 8.55. The van der Waals surface area contributed by atoms with E-state index in [2.05, 4.69) is 46.0 Å². The second-order valence-electron chi connectivity index (χ2n) is 11.7. The Kier molecular flexibility index (Phi) is 10.6. The highest BCUT2D eigenvalue weighted by molar-refractivity contribution is 5.90. The minimum atomic E-state index is -0.668. The fourth-order valence-corrected chi connectivity index (χ4v) is 6.21. The monoisotopic (exact) mass is 584 g/mol. The van der Waals surface area contributed by atoms with Crippen LogP contribution >= 0.6 is 0 Å². The zero-order valence-corrected chi connectivity index (χ0v) is 24.8. The number of rotatable bonds is 12. The molecule has 9 nitrogen and oxygen atoms in total. The maximum Gasteiger partial charge on any atom is 0.245 e. The van der Waals surface area contributed by atoms with E-state index in [4.69, 9.17) is 16.2 Å². The number of aliphatic imine (C=N–C) groups is 1. The van der Waals surface area contributed by atoms with Crippen LogP contribution in [0.25, 0.3) is 10.8 Å². The number of likely N-dealkylation sites (tertiary alicyclic amines) is 1. The topological polar surface area (TPSA) is 135 Å². The zero-order chi connectivity index (χ0) is 30.0. The minimum absolute atomic E-state index is 0.0358. The summed E-state index contributed by atoms with van der Waals surface area (Å²) in [5.74, 6) is -0.115. The van der Waals surface area contributed by atoms with Crippen molar-refractivity contribution in [2.45, 2.75) is 75.8 Å². The fourth-order valence-electron chi connectivity index (χ4n) is 6.21. The molecule has 43 heavy (non-hydrogen) atoms. The molecular formula is C34H44N6O3. The Balaban J connectivity index is 1.30. The first-order chi connectivity index (χ1) is 21.0. The van der Waals surface area contributed by atoms with Gasteiger partial charge in [0.05, 0.1) is 18.8 Å². The third-order valence-corrected chi connectivity index (χ3v) is 8.47. The molecule has 0 unspecified atom stereocenters. The second kappa shape index (κ2) is 15.0. The van der Waals surface area contributed by atoms with Crippen LogP contribution in [-0.2, 0) is 27.4 Å². The van der Waals surface area contributed by atoms with Gasteiger partial charge in [-0.05, 0) is 66.6 Å². The van der Waals surface area contributed by atoms with Gasteiger partial charge in [0.15, 0.2) is 5.96 Å². The van der Waals surface area contributed by atoms with Crippen LogP contribution in [0.15, 0.2) is 77.8 Å². The summed E-state index contributed by atoms with van der Waals surface area (Å²) in [6.07, 6.45) is 5.36. The molecule has 4 atom stereocenters. The highest BCUT2D eigenvalue weighted by Gasteiger charge is 2.39. The Hall–Kier alpha value is -3.95. The largest absolute Gasteiger partial charge is 0.372 e. The summed E-state index contributed by atoms with van der Waals surface area (Å²) in [7, 11) is 0. The van der Waals surface area contributed by atoms with Crippen LogP contribution in [0.1, 0.15) is 49.7 Å². The molecule has 2 heterocycles. The van der Waals surface area contributed by atoms with Crippen molar-refractivity contribution in [2.75, 3.05) is 19.6 Å². The molecular weight excluding hydrogens is 540 g/mol. The predicted molar refractivity (Wildman–Crippen MR) is 170 cm³/mol. The van der Waals surface area contributed by atoms with Gasteiger partial charge in [-0.2, -0.15) is 0 Å². The molecule has 9 heteroatoms. The summed E-state index contributed by atoms with van der Waals surface area (Å²) >= 11 is 0. The van der Waals surface area contributed by atoms with Crippen molar-refractivity contribution in [1.82, 2.24) is 15.5 Å². The van der Waals surface area contributed by atoms with E-state index >= 15 is 0 Å². The maximum atomic E-state index is 14.3. The SMILES string of the molecule is NC(N)=NCCC[C@H]1C[C@H](OCc2ccc3ccccc3c2)CN1C(=O)[C@@H](Cc1ccccc1)NC(=O)[C@@H]1CCCCN1. The maximum absolute atomic E-state index is 14.3. The van der Waals surface area contributed by atoms with Gasteiger partial charge in [0.25, 0.3) is 0 Å². The second-order valence-corrected chi connectivity index (χ2v) is 11.7. The average molecular weight is 585 g/mol. The van der Waals surface area contributed by atoms with Crippen molar-refractivity contribution < 1.29 is 14.3 Å². The molecule has 0 bridgehead atoms. The molecule has 0 aliphatic carbocycles. The van der Waals surface area contributed by atoms with E-state index in [1.807, 2.05) is 47.4 Å². The number of benzene rings is 3. The minimum Gasteiger partial charge on any atom is -0.372 e. The molecule has 2 aliphatic rings. The summed E-state index contributed by atoms with van der Waals surface area (Å²) in [5.41, 5.74) is 13.2. The van der Waals surface area contributed by atoms with Gasteiger partial charge in [-0.15, -0.1) is 0 Å². The van der Waals surface area contributed by atoms with Crippen LogP contribution in [0.3, 0.4) is 0 Å². The highest BCUT2D eigenvalue weighted by atomic mass is 16.5. The van der Waals surface area contributed by atoms with E-state index in [1.54, 1.807) is 0 Å². The number of hydrogen-bond donors (Lipinski definition) is 4. The molecule has 6 N–H and O–H groups in total. The number of guanidine groups is 1. The molecule has 2 fully saturated rings. The standard InChI is InChI=1S/C34H44N6O3/c35-34(36)38-18-8-13-28-21-29(43-23-25-15-16-26-11-4-5-12-27(26)19-25)22-40(28)33(42)31(20-24-9-2-1-3-10-24)39-32(41)30-14-6-7-17-37-30/h1-5,9-12,15-16,19,28-31,37H,6-8,13-14,17-18,20-23H2,(H,39,41)(H4,35,36,38)/t28-,29-,30-,31+/m0/s1. The quantitative estimate of drug-likeness (QED) is 0.147. The number of hydrogen-bond acceptors (Lipinski definition) is 5. The number of amides is 2. The van der Waals surface area contributed by atoms with Crippen molar-refractivity contribution in [1.29, 1.82) is 0 Å². The number of ether oxygens (including phenoxy) is 1. The molecule has 228 valence electrons. The van der Waals surface area contributed by atoms with Crippen LogP contribution in [0, 0.1) is 0 Å². The van der Waals surface area contributed by atoms with Crippen molar-refractivity contribution >= 4 is 28.5 Å². The lowest BCUT2D eigenvalue weighted by atomic mass is 10.0. The smallest absolute Gasteiger partial charge is 0.245 e. The lowest BCUT2D eigenvalue weighted by molar-refractivity contribution is -0.138. The molecule has 0 radical (unpaired) electrons. The van der Waals surface area contributed by atoms with Gasteiger partial charge in [-0.3, -0.25) is 14.6 Å². The van der Waals surface area contributed by atoms with E-state index in [1.165, 1.54) is 10.8 Å². The Morgan fingerprint density at radius 2 is 1.79 bits per heavy atom. The van der Waals surface area contributed by atoms with Gasteiger partial charge in [-0.25, -0.2) is 0 Å². The molecule has 0 saturated carbocycles. The van der Waals surface area contributed by atoms with Gasteiger partial charge in [0.1, 0.15) is 6.04 Å². The van der Waals surface area contributed by atoms with E-state index in [0.29, 0.717) is 26.1 Å². The number of carbonyl (C=O) groups is 2. The Bertz CT molecular complexity index is 1390. The number of nitrogens with zero attached hydrogens (tertiary/aromatic N) is 2. The van der Waals surface area contributed by atoms with Crippen molar-refractivity contribution in [2.24, 2.45) is 16.5 Å². The zero-order valence-electron chi connectivity index (χ0n) is 24.8. The summed E-state index contributed by atoms with van der Waals surface area (Å²) in [5, 5.41) is 8.80. The van der Waals surface area contributed by atoms with Crippen molar-refractivity contribution in [3.8, 4) is 0 Å². The average Bonchev–Trinajstić information content (AvgIpc) is 3.45. The van der Waals surface area contributed by atoms with E-state index in [-0.39, 0.29) is 36.0 Å². The Morgan fingerprint density at radius 3 is 2.56 bits per heavy atom. The van der Waals surface area contributed by atoms with E-state index < -0.39 is 6.04 Å². The molecule has 3 aromatic rings. The van der Waals surface area contributed by atoms with Gasteiger partial charge in [0.2, 0.25) is 11.8 Å². The predicted octanol–water partition coefficient (Wildman–Crippen LogP) is 3.25. The summed E-state index contributed by atoms with van der Waals surface area (Å²) in [4.78, 5) is 33.6. The number of nitrogens with one attached hydrogen (secondary N) is 2. The lowest BCUT2D eigenvalue weighted by Crippen LogP contribution is -2.56. The van der Waals surface area contributed by atoms with Gasteiger partial charge in [-0.1, -0.05) is 73.2 Å². The number of nitrogens with two attached hydrogens (primary N) is 2. The molecule has 2 amide bonds. The molecule has 2 saturated heterocycles. The first kappa shape index (κ1) is 30.5. The van der Waals surface area contributed by atoms with Crippen LogP contribution in [0.5, 0.6) is 0 Å². The summed E-state index contributed by atoms with van der Waals surface area (Å²) in [6, 6.07) is 23.5. The highest BCUT2D eigenvalue weighted by Crippen LogP contribution is 2.27. The lowest BCUT2D eigenvalue weighted by Gasteiger charge is -2.31. The third-order valence-electron chi connectivity index (χ3n) is 8.47. The van der Waals surface area contributed by atoms with Crippen LogP contribution < -0.4 is 22.1 Å². The summed E-state index contributed by atoms with van der Waals surface area (Å²) < 4.78 is 6.41.